The summed E-state index contributed by atoms with van der Waals surface area (Å²) in [5, 5.41) is 6.58. The summed E-state index contributed by atoms with van der Waals surface area (Å²) in [7, 11) is 3.84. The summed E-state index contributed by atoms with van der Waals surface area (Å²) in [4.78, 5) is 18.6. The zero-order valence-corrected chi connectivity index (χ0v) is 16.9. The average molecular weight is 371 g/mol. The topological polar surface area (TPSA) is 75.2 Å². The van der Waals surface area contributed by atoms with E-state index in [2.05, 4.69) is 27.6 Å². The first-order valence-electron chi connectivity index (χ1n) is 10.0. The van der Waals surface area contributed by atoms with Gasteiger partial charge in [0.2, 0.25) is 0 Å². The Labute approximate surface area is 158 Å². The normalized spacial score (nSPS) is 15.5. The number of rotatable bonds is 13. The van der Waals surface area contributed by atoms with Crippen LogP contribution in [0.1, 0.15) is 51.9 Å². The molecular formula is C19H38N4O3. The number of carbonyl (C=O) groups excluding carboxylic acids is 1. The van der Waals surface area contributed by atoms with Gasteiger partial charge in [-0.3, -0.25) is 9.79 Å². The maximum absolute atomic E-state index is 11.8. The fraction of sp³-hybridized carbons (Fsp3) is 0.895. The van der Waals surface area contributed by atoms with Crippen molar-refractivity contribution in [2.45, 2.75) is 58.0 Å². The van der Waals surface area contributed by atoms with Crippen LogP contribution in [-0.2, 0) is 14.3 Å². The molecule has 0 aliphatic heterocycles. The van der Waals surface area contributed by atoms with E-state index in [1.807, 2.05) is 6.92 Å². The largest absolute Gasteiger partial charge is 0.462 e. The maximum atomic E-state index is 11.8. The van der Waals surface area contributed by atoms with Gasteiger partial charge in [-0.2, -0.15) is 0 Å². The zero-order chi connectivity index (χ0) is 19.0. The number of aliphatic imine (C=N–C) groups is 1. The van der Waals surface area contributed by atoms with Crippen LogP contribution in [0.15, 0.2) is 4.99 Å². The molecule has 152 valence electrons. The van der Waals surface area contributed by atoms with E-state index < -0.39 is 0 Å². The van der Waals surface area contributed by atoms with Crippen molar-refractivity contribution in [3.63, 3.8) is 0 Å². The van der Waals surface area contributed by atoms with Crippen LogP contribution in [0, 0.1) is 0 Å². The molecule has 0 unspecified atom stereocenters. The van der Waals surface area contributed by atoms with Crippen molar-refractivity contribution in [1.82, 2.24) is 15.5 Å². The summed E-state index contributed by atoms with van der Waals surface area (Å²) in [5.74, 6) is 0.727. The Morgan fingerprint density at radius 1 is 1.19 bits per heavy atom. The number of esters is 1. The Balaban J connectivity index is 2.15. The molecule has 0 saturated heterocycles. The Morgan fingerprint density at radius 2 is 1.96 bits per heavy atom. The SMILES string of the molecule is CCNC(=NCCCC(=O)OC1CCCC1)NCCN(C)CCCOC. The molecule has 7 nitrogen and oxygen atoms in total. The molecule has 0 radical (unpaired) electrons. The van der Waals surface area contributed by atoms with E-state index in [4.69, 9.17) is 9.47 Å². The van der Waals surface area contributed by atoms with E-state index in [0.29, 0.717) is 13.0 Å². The number of ether oxygens (including phenoxy) is 2. The van der Waals surface area contributed by atoms with Gasteiger partial charge in [0, 0.05) is 52.9 Å². The number of carbonyl (C=O) groups is 1. The molecule has 0 aromatic rings. The van der Waals surface area contributed by atoms with Gasteiger partial charge in [-0.1, -0.05) is 0 Å². The lowest BCUT2D eigenvalue weighted by Crippen LogP contribution is -2.41. The molecule has 0 spiro atoms. The average Bonchev–Trinajstić information content (AvgIpc) is 3.11. The Bertz CT molecular complexity index is 398. The summed E-state index contributed by atoms with van der Waals surface area (Å²) in [5.41, 5.74) is 0. The van der Waals surface area contributed by atoms with E-state index in [1.165, 1.54) is 12.8 Å². The van der Waals surface area contributed by atoms with Crippen LogP contribution in [0.3, 0.4) is 0 Å². The van der Waals surface area contributed by atoms with Gasteiger partial charge in [0.25, 0.3) is 0 Å². The van der Waals surface area contributed by atoms with Crippen LogP contribution in [-0.4, -0.2) is 76.4 Å². The van der Waals surface area contributed by atoms with Gasteiger partial charge < -0.3 is 25.0 Å². The molecule has 0 aromatic heterocycles. The second-order valence-corrected chi connectivity index (χ2v) is 6.84. The molecule has 1 saturated carbocycles. The molecular weight excluding hydrogens is 332 g/mol. The minimum absolute atomic E-state index is 0.0808. The highest BCUT2D eigenvalue weighted by atomic mass is 16.5. The molecule has 0 heterocycles. The van der Waals surface area contributed by atoms with E-state index >= 15 is 0 Å². The smallest absolute Gasteiger partial charge is 0.306 e. The van der Waals surface area contributed by atoms with Crippen LogP contribution < -0.4 is 10.6 Å². The van der Waals surface area contributed by atoms with Crippen molar-refractivity contribution < 1.29 is 14.3 Å². The lowest BCUT2D eigenvalue weighted by atomic mass is 10.3. The molecule has 1 rings (SSSR count). The Kier molecular flexibility index (Phi) is 12.9. The molecule has 7 heteroatoms. The van der Waals surface area contributed by atoms with Crippen LogP contribution in [0.5, 0.6) is 0 Å². The number of hydrogen-bond acceptors (Lipinski definition) is 5. The number of nitrogens with zero attached hydrogens (tertiary/aromatic N) is 2. The third kappa shape index (κ3) is 11.3. The number of hydrogen-bond donors (Lipinski definition) is 2. The molecule has 0 atom stereocenters. The Morgan fingerprint density at radius 3 is 2.65 bits per heavy atom. The van der Waals surface area contributed by atoms with Crippen molar-refractivity contribution in [2.75, 3.05) is 53.5 Å². The number of methoxy groups -OCH3 is 1. The standard InChI is InChI=1S/C19H38N4O3/c1-4-20-19(22-13-15-23(2)14-8-16-25-3)21-12-7-11-18(24)26-17-9-5-6-10-17/h17H,4-16H2,1-3H3,(H2,20,21,22). The van der Waals surface area contributed by atoms with Crippen LogP contribution in [0.4, 0.5) is 0 Å². The second kappa shape index (κ2) is 14.8. The number of nitrogens with one attached hydrogen (secondary N) is 2. The molecule has 0 amide bonds. The van der Waals surface area contributed by atoms with E-state index in [1.54, 1.807) is 7.11 Å². The van der Waals surface area contributed by atoms with E-state index in [-0.39, 0.29) is 12.1 Å². The summed E-state index contributed by atoms with van der Waals surface area (Å²) in [6.07, 6.45) is 6.78. The van der Waals surface area contributed by atoms with Gasteiger partial charge in [0.1, 0.15) is 6.10 Å². The number of likely N-dealkylation sites (N-methyl/N-ethyl adjacent to an activating group) is 1. The second-order valence-electron chi connectivity index (χ2n) is 6.84. The first-order valence-corrected chi connectivity index (χ1v) is 10.0. The van der Waals surface area contributed by atoms with E-state index in [9.17, 15) is 4.79 Å². The Hall–Kier alpha value is -1.34. The van der Waals surface area contributed by atoms with Gasteiger partial charge in [-0.25, -0.2) is 0 Å². The third-order valence-corrected chi connectivity index (χ3v) is 4.43. The van der Waals surface area contributed by atoms with Crippen molar-refractivity contribution in [3.8, 4) is 0 Å². The first-order chi connectivity index (χ1) is 12.7. The maximum Gasteiger partial charge on any atom is 0.306 e. The van der Waals surface area contributed by atoms with Gasteiger partial charge >= 0.3 is 5.97 Å². The van der Waals surface area contributed by atoms with Crippen LogP contribution in [0.25, 0.3) is 0 Å². The van der Waals surface area contributed by atoms with Crippen molar-refractivity contribution in [1.29, 1.82) is 0 Å². The zero-order valence-electron chi connectivity index (χ0n) is 16.9. The third-order valence-electron chi connectivity index (χ3n) is 4.43. The fourth-order valence-corrected chi connectivity index (χ4v) is 2.96. The van der Waals surface area contributed by atoms with Gasteiger partial charge in [-0.05, 0) is 52.5 Å². The quantitative estimate of drug-likeness (QED) is 0.223. The highest BCUT2D eigenvalue weighted by Gasteiger charge is 2.18. The van der Waals surface area contributed by atoms with Gasteiger partial charge in [-0.15, -0.1) is 0 Å². The summed E-state index contributed by atoms with van der Waals surface area (Å²) >= 11 is 0. The summed E-state index contributed by atoms with van der Waals surface area (Å²) < 4.78 is 10.5. The van der Waals surface area contributed by atoms with Crippen molar-refractivity contribution in [2.24, 2.45) is 4.99 Å². The molecule has 26 heavy (non-hydrogen) atoms. The lowest BCUT2D eigenvalue weighted by molar-refractivity contribution is -0.148. The monoisotopic (exact) mass is 370 g/mol. The predicted octanol–water partition coefficient (Wildman–Crippen LogP) is 1.78. The fourth-order valence-electron chi connectivity index (χ4n) is 2.96. The summed E-state index contributed by atoms with van der Waals surface area (Å²) in [6.45, 7) is 7.09. The first kappa shape index (κ1) is 22.7. The minimum atomic E-state index is -0.0808. The van der Waals surface area contributed by atoms with Crippen molar-refractivity contribution in [3.05, 3.63) is 0 Å². The molecule has 0 bridgehead atoms. The van der Waals surface area contributed by atoms with Crippen molar-refractivity contribution >= 4 is 11.9 Å². The van der Waals surface area contributed by atoms with E-state index in [0.717, 1.165) is 64.4 Å². The van der Waals surface area contributed by atoms with Crippen LogP contribution >= 0.6 is 0 Å². The van der Waals surface area contributed by atoms with Gasteiger partial charge in [0.15, 0.2) is 5.96 Å². The molecule has 0 aromatic carbocycles. The summed E-state index contributed by atoms with van der Waals surface area (Å²) in [6, 6.07) is 0. The molecule has 1 aliphatic rings. The molecule has 1 fully saturated rings. The molecule has 1 aliphatic carbocycles. The minimum Gasteiger partial charge on any atom is -0.462 e. The van der Waals surface area contributed by atoms with Crippen LogP contribution in [0.2, 0.25) is 0 Å². The predicted molar refractivity (Wildman–Crippen MR) is 106 cm³/mol. The molecule has 2 N–H and O–H groups in total. The van der Waals surface area contributed by atoms with Gasteiger partial charge in [0.05, 0.1) is 0 Å². The highest BCUT2D eigenvalue weighted by molar-refractivity contribution is 5.79. The number of guanidine groups is 1. The lowest BCUT2D eigenvalue weighted by Gasteiger charge is -2.18. The highest BCUT2D eigenvalue weighted by Crippen LogP contribution is 2.21.